The van der Waals surface area contributed by atoms with Crippen LogP contribution in [0.3, 0.4) is 0 Å². The molecule has 2 heterocycles. The van der Waals surface area contributed by atoms with Crippen molar-refractivity contribution >= 4 is 28.3 Å². The third-order valence-electron chi connectivity index (χ3n) is 2.28. The first-order valence-corrected chi connectivity index (χ1v) is 6.09. The summed E-state index contributed by atoms with van der Waals surface area (Å²) in [6.45, 7) is 3.32. The molecule has 0 radical (unpaired) electrons. The van der Waals surface area contributed by atoms with Crippen LogP contribution in [0.5, 0.6) is 0 Å². The molecular weight excluding hydrogens is 270 g/mol. The number of aromatic nitrogens is 5. The summed E-state index contributed by atoms with van der Waals surface area (Å²) in [6.07, 6.45) is 0. The van der Waals surface area contributed by atoms with Crippen LogP contribution < -0.4 is 11.1 Å². The van der Waals surface area contributed by atoms with Crippen molar-refractivity contribution in [2.45, 2.75) is 20.4 Å². The van der Waals surface area contributed by atoms with Gasteiger partial charge in [-0.1, -0.05) is 16.6 Å². The van der Waals surface area contributed by atoms with Gasteiger partial charge in [0, 0.05) is 0 Å². The van der Waals surface area contributed by atoms with E-state index in [2.05, 4.69) is 25.8 Å². The van der Waals surface area contributed by atoms with Crippen molar-refractivity contribution in [1.82, 2.24) is 25.2 Å². The summed E-state index contributed by atoms with van der Waals surface area (Å²) in [7, 11) is 0. The van der Waals surface area contributed by atoms with Gasteiger partial charge in [-0.15, -0.1) is 15.3 Å². The first kappa shape index (κ1) is 13.1. The number of rotatable bonds is 4. The monoisotopic (exact) mass is 281 g/mol. The van der Waals surface area contributed by atoms with Crippen LogP contribution in [0.15, 0.2) is 0 Å². The number of nitrogens with zero attached hydrogens (tertiary/aromatic N) is 5. The Morgan fingerprint density at radius 3 is 2.58 bits per heavy atom. The van der Waals surface area contributed by atoms with E-state index in [0.29, 0.717) is 10.8 Å². The summed E-state index contributed by atoms with van der Waals surface area (Å²) < 4.78 is 1.29. The van der Waals surface area contributed by atoms with Crippen molar-refractivity contribution < 1.29 is 9.59 Å². The molecule has 0 bridgehead atoms. The summed E-state index contributed by atoms with van der Waals surface area (Å²) in [5.41, 5.74) is 5.61. The highest BCUT2D eigenvalue weighted by Gasteiger charge is 2.15. The lowest BCUT2D eigenvalue weighted by molar-refractivity contribution is -0.117. The molecule has 19 heavy (non-hydrogen) atoms. The molecule has 2 aromatic rings. The maximum atomic E-state index is 11.7. The van der Waals surface area contributed by atoms with Crippen LogP contribution in [0.25, 0.3) is 0 Å². The summed E-state index contributed by atoms with van der Waals surface area (Å²) in [4.78, 5) is 22.7. The number of carbonyl (C=O) groups excluding carboxylic acids is 2. The standard InChI is InChI=1S/C9H11N7O2S/c1-4-7(8(10)18)13-15-16(4)3-6(17)11-9-14-12-5(2)19-9/h3H2,1-2H3,(H2,10,18)(H,11,14,17). The average molecular weight is 281 g/mol. The number of nitrogens with two attached hydrogens (primary N) is 1. The fraction of sp³-hybridized carbons (Fsp3) is 0.333. The second-order valence-corrected chi connectivity index (χ2v) is 4.90. The molecule has 0 unspecified atom stereocenters. The smallest absolute Gasteiger partial charge is 0.271 e. The van der Waals surface area contributed by atoms with Crippen LogP contribution >= 0.6 is 11.3 Å². The molecule has 100 valence electrons. The molecule has 0 aliphatic heterocycles. The van der Waals surface area contributed by atoms with Crippen molar-refractivity contribution in [3.05, 3.63) is 16.4 Å². The number of nitrogens with one attached hydrogen (secondary N) is 1. The fourth-order valence-corrected chi connectivity index (χ4v) is 1.99. The number of anilines is 1. The van der Waals surface area contributed by atoms with Gasteiger partial charge in [0.2, 0.25) is 11.0 Å². The van der Waals surface area contributed by atoms with Gasteiger partial charge in [-0.05, 0) is 13.8 Å². The second kappa shape index (κ2) is 5.10. The zero-order chi connectivity index (χ0) is 14.0. The Labute approximate surface area is 111 Å². The molecule has 0 saturated carbocycles. The van der Waals surface area contributed by atoms with Crippen molar-refractivity contribution in [3.8, 4) is 0 Å². The molecule has 0 spiro atoms. The van der Waals surface area contributed by atoms with Gasteiger partial charge in [0.1, 0.15) is 11.6 Å². The van der Waals surface area contributed by atoms with E-state index in [4.69, 9.17) is 5.73 Å². The lowest BCUT2D eigenvalue weighted by Gasteiger charge is -2.02. The minimum absolute atomic E-state index is 0.0551. The molecule has 0 aromatic carbocycles. The number of primary amides is 1. The van der Waals surface area contributed by atoms with Gasteiger partial charge < -0.3 is 5.73 Å². The summed E-state index contributed by atoms with van der Waals surface area (Å²) >= 11 is 1.27. The van der Waals surface area contributed by atoms with Crippen molar-refractivity contribution in [1.29, 1.82) is 0 Å². The minimum Gasteiger partial charge on any atom is -0.364 e. The number of hydrogen-bond donors (Lipinski definition) is 2. The molecule has 0 aliphatic rings. The Morgan fingerprint density at radius 1 is 1.32 bits per heavy atom. The van der Waals surface area contributed by atoms with E-state index in [1.807, 2.05) is 0 Å². The third-order valence-corrected chi connectivity index (χ3v) is 3.04. The molecule has 2 amide bonds. The Hall–Kier alpha value is -2.36. The SMILES string of the molecule is Cc1nnc(NC(=O)Cn2nnc(C(N)=O)c2C)s1. The Morgan fingerprint density at radius 2 is 2.05 bits per heavy atom. The number of hydrogen-bond acceptors (Lipinski definition) is 7. The molecule has 0 atom stereocenters. The Kier molecular flexibility index (Phi) is 3.51. The topological polar surface area (TPSA) is 129 Å². The fourth-order valence-electron chi connectivity index (χ4n) is 1.38. The number of aryl methyl sites for hydroxylation is 1. The van der Waals surface area contributed by atoms with E-state index in [1.54, 1.807) is 13.8 Å². The van der Waals surface area contributed by atoms with Gasteiger partial charge in [-0.25, -0.2) is 4.68 Å². The van der Waals surface area contributed by atoms with E-state index in [9.17, 15) is 9.59 Å². The van der Waals surface area contributed by atoms with E-state index in [1.165, 1.54) is 16.0 Å². The summed E-state index contributed by atoms with van der Waals surface area (Å²) in [6, 6.07) is 0. The predicted molar refractivity (Wildman–Crippen MR) is 66.6 cm³/mol. The van der Waals surface area contributed by atoms with Gasteiger partial charge in [-0.2, -0.15) is 0 Å². The molecular formula is C9H11N7O2S. The van der Waals surface area contributed by atoms with Crippen LogP contribution in [0.1, 0.15) is 21.2 Å². The quantitative estimate of drug-likeness (QED) is 0.776. The summed E-state index contributed by atoms with van der Waals surface area (Å²) in [5, 5.41) is 18.6. The molecule has 2 aromatic heterocycles. The first-order valence-electron chi connectivity index (χ1n) is 5.27. The molecule has 9 nitrogen and oxygen atoms in total. The maximum absolute atomic E-state index is 11.7. The van der Waals surface area contributed by atoms with Gasteiger partial charge in [0.15, 0.2) is 5.69 Å². The number of amides is 2. The lowest BCUT2D eigenvalue weighted by Crippen LogP contribution is -2.21. The van der Waals surface area contributed by atoms with Crippen LogP contribution in [0, 0.1) is 13.8 Å². The van der Waals surface area contributed by atoms with Gasteiger partial charge in [0.25, 0.3) is 5.91 Å². The van der Waals surface area contributed by atoms with E-state index in [-0.39, 0.29) is 18.1 Å². The zero-order valence-corrected chi connectivity index (χ0v) is 11.1. The van der Waals surface area contributed by atoms with Crippen LogP contribution in [0.4, 0.5) is 5.13 Å². The van der Waals surface area contributed by atoms with Crippen molar-refractivity contribution in [3.63, 3.8) is 0 Å². The van der Waals surface area contributed by atoms with Crippen molar-refractivity contribution in [2.24, 2.45) is 5.73 Å². The Bertz CT molecular complexity index is 632. The van der Waals surface area contributed by atoms with E-state index >= 15 is 0 Å². The first-order chi connectivity index (χ1) is 8.97. The molecule has 10 heteroatoms. The minimum atomic E-state index is -0.677. The zero-order valence-electron chi connectivity index (χ0n) is 10.2. The van der Waals surface area contributed by atoms with Gasteiger partial charge in [-0.3, -0.25) is 14.9 Å². The molecule has 3 N–H and O–H groups in total. The van der Waals surface area contributed by atoms with E-state index in [0.717, 1.165) is 5.01 Å². The van der Waals surface area contributed by atoms with Crippen LogP contribution in [0.2, 0.25) is 0 Å². The van der Waals surface area contributed by atoms with Crippen LogP contribution in [-0.2, 0) is 11.3 Å². The van der Waals surface area contributed by atoms with Crippen LogP contribution in [-0.4, -0.2) is 37.0 Å². The molecule has 0 fully saturated rings. The normalized spacial score (nSPS) is 10.4. The third kappa shape index (κ3) is 2.91. The maximum Gasteiger partial charge on any atom is 0.271 e. The molecule has 0 aliphatic carbocycles. The van der Waals surface area contributed by atoms with Gasteiger partial charge >= 0.3 is 0 Å². The number of carbonyl (C=O) groups is 2. The average Bonchev–Trinajstić information content (AvgIpc) is 2.87. The highest BCUT2D eigenvalue weighted by atomic mass is 32.1. The highest BCUT2D eigenvalue weighted by Crippen LogP contribution is 2.13. The molecule has 2 rings (SSSR count). The second-order valence-electron chi connectivity index (χ2n) is 3.72. The Balaban J connectivity index is 2.05. The predicted octanol–water partition coefficient (Wildman–Crippen LogP) is -0.516. The lowest BCUT2D eigenvalue weighted by atomic mass is 10.3. The van der Waals surface area contributed by atoms with Gasteiger partial charge in [0.05, 0.1) is 5.69 Å². The molecule has 0 saturated heterocycles. The largest absolute Gasteiger partial charge is 0.364 e. The van der Waals surface area contributed by atoms with Crippen molar-refractivity contribution in [2.75, 3.05) is 5.32 Å². The van der Waals surface area contributed by atoms with E-state index < -0.39 is 5.91 Å². The summed E-state index contributed by atoms with van der Waals surface area (Å²) in [5.74, 6) is -1.01. The highest BCUT2D eigenvalue weighted by molar-refractivity contribution is 7.15.